The van der Waals surface area contributed by atoms with Crippen LogP contribution in [0.25, 0.3) is 0 Å². The fourth-order valence-corrected chi connectivity index (χ4v) is 1.51. The molecule has 0 aliphatic carbocycles. The summed E-state index contributed by atoms with van der Waals surface area (Å²) < 4.78 is 6.64. The molecule has 0 saturated heterocycles. The number of aromatic nitrogens is 3. The highest BCUT2D eigenvalue weighted by Crippen LogP contribution is 1.95. The van der Waals surface area contributed by atoms with Crippen molar-refractivity contribution in [2.75, 3.05) is 20.3 Å². The van der Waals surface area contributed by atoms with Crippen LogP contribution in [-0.4, -0.2) is 47.2 Å². The average Bonchev–Trinajstić information content (AvgIpc) is 2.87. The second-order valence-corrected chi connectivity index (χ2v) is 4.05. The van der Waals surface area contributed by atoms with E-state index in [4.69, 9.17) is 10.5 Å². The van der Waals surface area contributed by atoms with Gasteiger partial charge in [-0.1, -0.05) is 5.21 Å². The molecular weight excluding hydrogens is 234 g/mol. The smallest absolute Gasteiger partial charge is 0.236 e. The van der Waals surface area contributed by atoms with Crippen LogP contribution in [0.5, 0.6) is 0 Å². The molecule has 0 saturated carbocycles. The van der Waals surface area contributed by atoms with E-state index < -0.39 is 6.04 Å². The third-order valence-corrected chi connectivity index (χ3v) is 2.54. The summed E-state index contributed by atoms with van der Waals surface area (Å²) in [6.45, 7) is 1.96. The van der Waals surface area contributed by atoms with Crippen LogP contribution >= 0.6 is 0 Å². The minimum Gasteiger partial charge on any atom is -0.385 e. The Kier molecular flexibility index (Phi) is 6.97. The van der Waals surface area contributed by atoms with Crippen molar-refractivity contribution in [1.82, 2.24) is 20.3 Å². The molecule has 0 spiro atoms. The lowest BCUT2D eigenvalue weighted by atomic mass is 10.1. The number of nitrogens with one attached hydrogen (secondary N) is 1. The van der Waals surface area contributed by atoms with Crippen molar-refractivity contribution in [2.45, 2.75) is 31.8 Å². The quantitative estimate of drug-likeness (QED) is 0.582. The molecule has 0 radical (unpaired) electrons. The van der Waals surface area contributed by atoms with Gasteiger partial charge < -0.3 is 15.8 Å². The Balaban J connectivity index is 2.05. The molecule has 0 aromatic carbocycles. The summed E-state index contributed by atoms with van der Waals surface area (Å²) in [6, 6.07) is -0.452. The van der Waals surface area contributed by atoms with E-state index in [2.05, 4.69) is 15.6 Å². The van der Waals surface area contributed by atoms with Gasteiger partial charge in [-0.3, -0.25) is 9.48 Å². The maximum Gasteiger partial charge on any atom is 0.236 e. The van der Waals surface area contributed by atoms with E-state index in [1.54, 1.807) is 24.2 Å². The third-order valence-electron chi connectivity index (χ3n) is 2.54. The lowest BCUT2D eigenvalue weighted by molar-refractivity contribution is -0.122. The fourth-order valence-electron chi connectivity index (χ4n) is 1.51. The number of nitrogens with two attached hydrogens (primary N) is 1. The third kappa shape index (κ3) is 5.74. The van der Waals surface area contributed by atoms with E-state index in [1.165, 1.54) is 0 Å². The van der Waals surface area contributed by atoms with Gasteiger partial charge in [0.05, 0.1) is 12.2 Å². The van der Waals surface area contributed by atoms with Crippen molar-refractivity contribution in [1.29, 1.82) is 0 Å². The maximum atomic E-state index is 11.6. The summed E-state index contributed by atoms with van der Waals surface area (Å²) in [6.07, 6.45) is 5.66. The number of aryl methyl sites for hydroxylation is 1. The maximum absolute atomic E-state index is 11.6. The van der Waals surface area contributed by atoms with Gasteiger partial charge in [0.25, 0.3) is 0 Å². The standard InChI is InChI=1S/C11H21N5O2/c1-18-9-2-4-10(12)11(17)13-5-3-7-16-8-6-14-15-16/h6,8,10H,2-5,7,9,12H2,1H3,(H,13,17). The van der Waals surface area contributed by atoms with Crippen LogP contribution in [-0.2, 0) is 16.1 Å². The summed E-state index contributed by atoms with van der Waals surface area (Å²) in [5.74, 6) is -0.107. The van der Waals surface area contributed by atoms with Crippen LogP contribution in [0, 0.1) is 0 Å². The molecule has 1 rings (SSSR count). The van der Waals surface area contributed by atoms with E-state index in [0.29, 0.717) is 19.6 Å². The zero-order chi connectivity index (χ0) is 13.2. The highest BCUT2D eigenvalue weighted by atomic mass is 16.5. The molecule has 1 atom stereocenters. The first-order chi connectivity index (χ1) is 8.74. The van der Waals surface area contributed by atoms with Crippen molar-refractivity contribution >= 4 is 5.91 Å². The summed E-state index contributed by atoms with van der Waals surface area (Å²) in [5, 5.41) is 10.3. The molecule has 1 unspecified atom stereocenters. The predicted molar refractivity (Wildman–Crippen MR) is 66.7 cm³/mol. The average molecular weight is 255 g/mol. The van der Waals surface area contributed by atoms with Crippen LogP contribution in [0.3, 0.4) is 0 Å². The van der Waals surface area contributed by atoms with Gasteiger partial charge in [-0.2, -0.15) is 0 Å². The number of methoxy groups -OCH3 is 1. The van der Waals surface area contributed by atoms with Crippen LogP contribution < -0.4 is 11.1 Å². The normalized spacial score (nSPS) is 12.3. The first-order valence-electron chi connectivity index (χ1n) is 6.10. The minimum absolute atomic E-state index is 0.107. The predicted octanol–water partition coefficient (Wildman–Crippen LogP) is -0.462. The highest BCUT2D eigenvalue weighted by molar-refractivity contribution is 5.81. The summed E-state index contributed by atoms with van der Waals surface area (Å²) >= 11 is 0. The topological polar surface area (TPSA) is 95.1 Å². The summed E-state index contributed by atoms with van der Waals surface area (Å²) in [4.78, 5) is 11.6. The molecule has 18 heavy (non-hydrogen) atoms. The number of hydrogen-bond donors (Lipinski definition) is 2. The Hall–Kier alpha value is -1.47. The number of rotatable bonds is 9. The number of nitrogens with zero attached hydrogens (tertiary/aromatic N) is 3. The Bertz CT molecular complexity index is 328. The second-order valence-electron chi connectivity index (χ2n) is 4.05. The molecule has 1 aromatic rings. The molecule has 0 fully saturated rings. The van der Waals surface area contributed by atoms with Crippen molar-refractivity contribution in [2.24, 2.45) is 5.73 Å². The van der Waals surface area contributed by atoms with Crippen LogP contribution in [0.2, 0.25) is 0 Å². The monoisotopic (exact) mass is 255 g/mol. The van der Waals surface area contributed by atoms with Crippen LogP contribution in [0.15, 0.2) is 12.4 Å². The van der Waals surface area contributed by atoms with Crippen molar-refractivity contribution in [3.63, 3.8) is 0 Å². The molecule has 7 heteroatoms. The first kappa shape index (κ1) is 14.6. The Morgan fingerprint density at radius 1 is 1.56 bits per heavy atom. The van der Waals surface area contributed by atoms with Crippen molar-refractivity contribution < 1.29 is 9.53 Å². The zero-order valence-electron chi connectivity index (χ0n) is 10.7. The van der Waals surface area contributed by atoms with Gasteiger partial charge in [-0.05, 0) is 19.3 Å². The molecule has 0 aliphatic heterocycles. The lowest BCUT2D eigenvalue weighted by Crippen LogP contribution is -2.41. The van der Waals surface area contributed by atoms with E-state index in [-0.39, 0.29) is 5.91 Å². The number of ether oxygens (including phenoxy) is 1. The molecule has 1 heterocycles. The van der Waals surface area contributed by atoms with E-state index in [9.17, 15) is 4.79 Å². The van der Waals surface area contributed by atoms with E-state index >= 15 is 0 Å². The van der Waals surface area contributed by atoms with Gasteiger partial charge >= 0.3 is 0 Å². The number of hydrogen-bond acceptors (Lipinski definition) is 5. The van der Waals surface area contributed by atoms with Crippen molar-refractivity contribution in [3.05, 3.63) is 12.4 Å². The lowest BCUT2D eigenvalue weighted by Gasteiger charge is -2.11. The SMILES string of the molecule is COCCCC(N)C(=O)NCCCn1ccnn1. The van der Waals surface area contributed by atoms with Crippen LogP contribution in [0.1, 0.15) is 19.3 Å². The summed E-state index contributed by atoms with van der Waals surface area (Å²) in [7, 11) is 1.63. The molecule has 3 N–H and O–H groups in total. The highest BCUT2D eigenvalue weighted by Gasteiger charge is 2.11. The molecule has 7 nitrogen and oxygen atoms in total. The Morgan fingerprint density at radius 2 is 2.39 bits per heavy atom. The van der Waals surface area contributed by atoms with Gasteiger partial charge in [0, 0.05) is 33.0 Å². The molecular formula is C11H21N5O2. The molecule has 1 amide bonds. The summed E-state index contributed by atoms with van der Waals surface area (Å²) in [5.41, 5.74) is 5.74. The number of carbonyl (C=O) groups excluding carboxylic acids is 1. The van der Waals surface area contributed by atoms with Crippen LogP contribution in [0.4, 0.5) is 0 Å². The molecule has 0 bridgehead atoms. The second kappa shape index (κ2) is 8.60. The number of amides is 1. The van der Waals surface area contributed by atoms with Gasteiger partial charge in [-0.15, -0.1) is 5.10 Å². The fraction of sp³-hybridized carbons (Fsp3) is 0.727. The van der Waals surface area contributed by atoms with E-state index in [0.717, 1.165) is 19.4 Å². The van der Waals surface area contributed by atoms with Gasteiger partial charge in [0.2, 0.25) is 5.91 Å². The van der Waals surface area contributed by atoms with E-state index in [1.807, 2.05) is 0 Å². The molecule has 0 aliphatic rings. The zero-order valence-corrected chi connectivity index (χ0v) is 10.7. The minimum atomic E-state index is -0.452. The molecule has 102 valence electrons. The Morgan fingerprint density at radius 3 is 3.06 bits per heavy atom. The molecule has 1 aromatic heterocycles. The number of carbonyl (C=O) groups is 1. The van der Waals surface area contributed by atoms with Gasteiger partial charge in [-0.25, -0.2) is 0 Å². The Labute approximate surface area is 107 Å². The first-order valence-corrected chi connectivity index (χ1v) is 6.10. The van der Waals surface area contributed by atoms with Crippen molar-refractivity contribution in [3.8, 4) is 0 Å². The van der Waals surface area contributed by atoms with Gasteiger partial charge in [0.15, 0.2) is 0 Å². The van der Waals surface area contributed by atoms with Gasteiger partial charge in [0.1, 0.15) is 0 Å². The largest absolute Gasteiger partial charge is 0.385 e.